The first-order chi connectivity index (χ1) is 19.9. The van der Waals surface area contributed by atoms with Gasteiger partial charge in [0.25, 0.3) is 5.91 Å². The van der Waals surface area contributed by atoms with Crippen molar-refractivity contribution in [3.63, 3.8) is 0 Å². The van der Waals surface area contributed by atoms with E-state index in [4.69, 9.17) is 5.73 Å². The first kappa shape index (κ1) is 33.7. The summed E-state index contributed by atoms with van der Waals surface area (Å²) in [7, 11) is 0. The summed E-state index contributed by atoms with van der Waals surface area (Å²) in [5.41, 5.74) is 4.74. The fraction of sp³-hybridized carbons (Fsp3) is 0.625. The van der Waals surface area contributed by atoms with Gasteiger partial charge in [-0.05, 0) is 35.0 Å². The average Bonchev–Trinajstić information content (AvgIpc) is 3.24. The maximum Gasteiger partial charge on any atom is 0.316 e. The molecular formula is C32H47N5O6. The van der Waals surface area contributed by atoms with Crippen LogP contribution < -0.4 is 21.7 Å². The zero-order chi connectivity index (χ0) is 32.4. The second-order valence-corrected chi connectivity index (χ2v) is 13.8. The van der Waals surface area contributed by atoms with Crippen LogP contribution >= 0.6 is 0 Å². The van der Waals surface area contributed by atoms with E-state index in [1.54, 1.807) is 30.3 Å². The van der Waals surface area contributed by atoms with Gasteiger partial charge in [0, 0.05) is 12.1 Å². The highest BCUT2D eigenvalue weighted by Gasteiger charge is 2.69. The molecule has 1 heterocycles. The van der Waals surface area contributed by atoms with E-state index in [1.165, 1.54) is 4.90 Å². The van der Waals surface area contributed by atoms with Crippen LogP contribution in [0.3, 0.4) is 0 Å². The third-order valence-corrected chi connectivity index (χ3v) is 8.90. The average molecular weight is 598 g/mol. The molecule has 236 valence electrons. The van der Waals surface area contributed by atoms with Gasteiger partial charge in [-0.1, -0.05) is 92.1 Å². The lowest BCUT2D eigenvalue weighted by molar-refractivity contribution is -0.145. The molecule has 1 unspecified atom stereocenters. The van der Waals surface area contributed by atoms with E-state index in [-0.39, 0.29) is 35.4 Å². The second kappa shape index (κ2) is 12.9. The lowest BCUT2D eigenvalue weighted by Gasteiger charge is -2.38. The van der Waals surface area contributed by atoms with Gasteiger partial charge >= 0.3 is 6.03 Å². The van der Waals surface area contributed by atoms with Crippen LogP contribution in [0.25, 0.3) is 0 Å². The topological polar surface area (TPSA) is 168 Å². The zero-order valence-electron chi connectivity index (χ0n) is 26.5. The van der Waals surface area contributed by atoms with Crippen molar-refractivity contribution in [2.45, 2.75) is 92.4 Å². The molecule has 0 aromatic heterocycles. The van der Waals surface area contributed by atoms with Crippen LogP contribution in [0.4, 0.5) is 4.79 Å². The van der Waals surface area contributed by atoms with Crippen molar-refractivity contribution in [2.24, 2.45) is 34.3 Å². The summed E-state index contributed by atoms with van der Waals surface area (Å²) >= 11 is 0. The highest BCUT2D eigenvalue weighted by atomic mass is 16.2. The third kappa shape index (κ3) is 7.25. The molecule has 5 amide bonds. The summed E-state index contributed by atoms with van der Waals surface area (Å²) in [5.74, 6) is -3.51. The normalized spacial score (nSPS) is 22.5. The number of amides is 5. The Morgan fingerprint density at radius 2 is 1.60 bits per heavy atom. The number of nitrogens with zero attached hydrogens (tertiary/aromatic N) is 1. The van der Waals surface area contributed by atoms with E-state index in [0.29, 0.717) is 18.5 Å². The fourth-order valence-corrected chi connectivity index (χ4v) is 6.24. The Labute approximate surface area is 254 Å². The Bertz CT molecular complexity index is 1250. The van der Waals surface area contributed by atoms with Gasteiger partial charge in [-0.3, -0.25) is 24.0 Å². The predicted molar refractivity (Wildman–Crippen MR) is 162 cm³/mol. The van der Waals surface area contributed by atoms with Crippen LogP contribution in [0.15, 0.2) is 30.3 Å². The third-order valence-electron chi connectivity index (χ3n) is 8.90. The molecule has 5 N–H and O–H groups in total. The number of Topliss-reactive ketones (excluding diaryl/α,β-unsaturated/α-hetero) is 2. The highest BCUT2D eigenvalue weighted by Crippen LogP contribution is 2.65. The molecule has 0 spiro atoms. The van der Waals surface area contributed by atoms with Crippen molar-refractivity contribution in [2.75, 3.05) is 6.54 Å². The molecular weight excluding hydrogens is 550 g/mol. The van der Waals surface area contributed by atoms with Gasteiger partial charge in [0.05, 0.1) is 12.1 Å². The predicted octanol–water partition coefficient (Wildman–Crippen LogP) is 2.43. The number of primary amides is 1. The number of nitrogens with one attached hydrogen (secondary N) is 3. The van der Waals surface area contributed by atoms with Gasteiger partial charge < -0.3 is 26.6 Å². The van der Waals surface area contributed by atoms with Crippen LogP contribution in [-0.2, 0) is 19.2 Å². The highest BCUT2D eigenvalue weighted by molar-refractivity contribution is 6.37. The minimum Gasteiger partial charge on any atom is -0.363 e. The summed E-state index contributed by atoms with van der Waals surface area (Å²) in [6.45, 7) is 15.3. The van der Waals surface area contributed by atoms with Crippen molar-refractivity contribution in [1.82, 2.24) is 20.9 Å². The number of rotatable bonds is 12. The van der Waals surface area contributed by atoms with Crippen LogP contribution in [0.2, 0.25) is 0 Å². The van der Waals surface area contributed by atoms with E-state index in [0.717, 1.165) is 0 Å². The monoisotopic (exact) mass is 597 g/mol. The lowest BCUT2D eigenvalue weighted by Crippen LogP contribution is -2.62. The number of nitrogens with two attached hydrogens (primary N) is 1. The Morgan fingerprint density at radius 1 is 1.00 bits per heavy atom. The standard InChI is InChI=1S/C32H47N5O6/c1-9-13-20(25(39)27(33)40)34-28(41)23-21-19(32(21,7)8)16-37(23)29(42)26(31(4,5)6)36-30(43)35-22(17(2)3)24(38)18-14-11-10-12-15-18/h10-12,14-15,17,19-23,26H,9,13,16H2,1-8H3,(H2,33,40)(H,34,41)(H2,35,36,43)/t19-,20?,21-,22-,23-,26+/m0/s1. The first-order valence-corrected chi connectivity index (χ1v) is 15.0. The second-order valence-electron chi connectivity index (χ2n) is 13.8. The number of ketones is 2. The molecule has 1 saturated heterocycles. The van der Waals surface area contributed by atoms with E-state index in [2.05, 4.69) is 16.0 Å². The van der Waals surface area contributed by atoms with Crippen LogP contribution in [0, 0.1) is 28.6 Å². The van der Waals surface area contributed by atoms with Crippen molar-refractivity contribution in [3.05, 3.63) is 35.9 Å². The molecule has 2 fully saturated rings. The molecule has 11 nitrogen and oxygen atoms in total. The van der Waals surface area contributed by atoms with Gasteiger partial charge in [-0.2, -0.15) is 0 Å². The van der Waals surface area contributed by atoms with Gasteiger partial charge in [0.1, 0.15) is 12.1 Å². The fourth-order valence-electron chi connectivity index (χ4n) is 6.24. The summed E-state index contributed by atoms with van der Waals surface area (Å²) in [6, 6.07) is 4.20. The molecule has 2 aliphatic rings. The molecule has 1 aromatic rings. The summed E-state index contributed by atoms with van der Waals surface area (Å²) in [6.07, 6.45) is 0.765. The van der Waals surface area contributed by atoms with Crippen molar-refractivity contribution >= 4 is 35.3 Å². The minimum absolute atomic E-state index is 0.0620. The Kier molecular flexibility index (Phi) is 10.1. The molecule has 6 atom stereocenters. The molecule has 3 rings (SSSR count). The van der Waals surface area contributed by atoms with E-state index >= 15 is 0 Å². The number of fused-ring (bicyclic) bond motifs is 1. The maximum absolute atomic E-state index is 14.1. The van der Waals surface area contributed by atoms with Gasteiger partial charge in [-0.15, -0.1) is 0 Å². The van der Waals surface area contributed by atoms with Crippen LogP contribution in [-0.4, -0.2) is 70.9 Å². The maximum atomic E-state index is 14.1. The number of benzene rings is 1. The number of likely N-dealkylation sites (tertiary alicyclic amines) is 1. The van der Waals surface area contributed by atoms with Gasteiger partial charge in [-0.25, -0.2) is 4.79 Å². The summed E-state index contributed by atoms with van der Waals surface area (Å²) in [5, 5.41) is 8.23. The van der Waals surface area contributed by atoms with E-state index in [9.17, 15) is 28.8 Å². The number of urea groups is 1. The lowest BCUT2D eigenvalue weighted by atomic mass is 9.85. The van der Waals surface area contributed by atoms with Crippen molar-refractivity contribution < 1.29 is 28.8 Å². The molecule has 0 bridgehead atoms. The Balaban J connectivity index is 1.83. The molecule has 1 aliphatic heterocycles. The molecule has 43 heavy (non-hydrogen) atoms. The number of hydrogen-bond acceptors (Lipinski definition) is 6. The van der Waals surface area contributed by atoms with E-state index < -0.39 is 59.1 Å². The van der Waals surface area contributed by atoms with Crippen LogP contribution in [0.1, 0.15) is 78.6 Å². The van der Waals surface area contributed by atoms with Crippen molar-refractivity contribution in [3.8, 4) is 0 Å². The molecule has 1 saturated carbocycles. The van der Waals surface area contributed by atoms with Crippen molar-refractivity contribution in [1.29, 1.82) is 0 Å². The summed E-state index contributed by atoms with van der Waals surface area (Å²) in [4.78, 5) is 79.8. The smallest absolute Gasteiger partial charge is 0.316 e. The number of piperidine rings is 1. The van der Waals surface area contributed by atoms with Crippen LogP contribution in [0.5, 0.6) is 0 Å². The quantitative estimate of drug-likeness (QED) is 0.213. The number of carbonyl (C=O) groups excluding carboxylic acids is 6. The first-order valence-electron chi connectivity index (χ1n) is 15.0. The molecule has 1 aromatic carbocycles. The number of carbonyl (C=O) groups is 6. The van der Waals surface area contributed by atoms with E-state index in [1.807, 2.05) is 55.4 Å². The van der Waals surface area contributed by atoms with Gasteiger partial charge in [0.2, 0.25) is 17.6 Å². The van der Waals surface area contributed by atoms with Gasteiger partial charge in [0.15, 0.2) is 5.78 Å². The Morgan fingerprint density at radius 3 is 2.12 bits per heavy atom. The molecule has 0 radical (unpaired) electrons. The largest absolute Gasteiger partial charge is 0.363 e. The molecule has 11 heteroatoms. The zero-order valence-corrected chi connectivity index (χ0v) is 26.5. The Hall–Kier alpha value is -3.76. The minimum atomic E-state index is -1.13. The summed E-state index contributed by atoms with van der Waals surface area (Å²) < 4.78 is 0. The number of hydrogen-bond donors (Lipinski definition) is 4. The molecule has 1 aliphatic carbocycles. The SMILES string of the molecule is CCCC(NC(=O)[C@@H]1[C@@H]2[C@H](CN1C(=O)[C@@H](NC(=O)N[C@H](C(=O)c1ccccc1)C(C)C)C(C)(C)C)C2(C)C)C(=O)C(N)=O.